The molecule has 2 aromatic rings. The summed E-state index contributed by atoms with van der Waals surface area (Å²) in [5.41, 5.74) is 2.21. The maximum atomic E-state index is 13.0. The van der Waals surface area contributed by atoms with Crippen LogP contribution in [0.25, 0.3) is 0 Å². The van der Waals surface area contributed by atoms with Crippen molar-refractivity contribution in [1.82, 2.24) is 10.2 Å². The molecule has 2 aliphatic rings. The minimum Gasteiger partial charge on any atom is -0.493 e. The van der Waals surface area contributed by atoms with Crippen molar-refractivity contribution in [2.75, 3.05) is 27.3 Å². The van der Waals surface area contributed by atoms with Crippen LogP contribution in [-0.2, 0) is 16.0 Å². The molecule has 1 aliphatic heterocycles. The van der Waals surface area contributed by atoms with Gasteiger partial charge in [0.1, 0.15) is 0 Å². The summed E-state index contributed by atoms with van der Waals surface area (Å²) in [5, 5.41) is 3.23. The molecule has 1 saturated heterocycles. The molecule has 4 rings (SSSR count). The van der Waals surface area contributed by atoms with Crippen LogP contribution < -0.4 is 14.8 Å². The first-order valence-corrected chi connectivity index (χ1v) is 10.9. The van der Waals surface area contributed by atoms with Crippen molar-refractivity contribution in [3.05, 3.63) is 59.7 Å². The van der Waals surface area contributed by atoms with Crippen molar-refractivity contribution in [3.8, 4) is 11.5 Å². The van der Waals surface area contributed by atoms with E-state index in [1.807, 2.05) is 36.4 Å². The van der Waals surface area contributed by atoms with E-state index in [0.29, 0.717) is 36.9 Å². The van der Waals surface area contributed by atoms with Crippen LogP contribution in [-0.4, -0.2) is 44.0 Å². The minimum atomic E-state index is -0.289. The Bertz CT molecular complexity index is 926. The number of hydrogen-bond acceptors (Lipinski definition) is 4. The van der Waals surface area contributed by atoms with Crippen LogP contribution in [0.4, 0.5) is 0 Å². The number of hydrogen-bond donors (Lipinski definition) is 1. The number of amides is 2. The molecule has 1 aliphatic carbocycles. The first kappa shape index (κ1) is 21.2. The molecule has 6 nitrogen and oxygen atoms in total. The quantitative estimate of drug-likeness (QED) is 0.673. The van der Waals surface area contributed by atoms with E-state index in [9.17, 15) is 9.59 Å². The average Bonchev–Trinajstić information content (AvgIpc) is 3.58. The highest BCUT2D eigenvalue weighted by atomic mass is 16.5. The van der Waals surface area contributed by atoms with E-state index in [1.165, 1.54) is 0 Å². The van der Waals surface area contributed by atoms with E-state index in [2.05, 4.69) is 17.4 Å². The van der Waals surface area contributed by atoms with Crippen LogP contribution in [0.1, 0.15) is 36.4 Å². The second-order valence-electron chi connectivity index (χ2n) is 8.41. The maximum absolute atomic E-state index is 13.0. The molecule has 2 atom stereocenters. The molecule has 0 aromatic heterocycles. The molecular formula is C25H30N2O4. The first-order valence-electron chi connectivity index (χ1n) is 10.9. The van der Waals surface area contributed by atoms with Gasteiger partial charge >= 0.3 is 0 Å². The molecule has 2 amide bonds. The van der Waals surface area contributed by atoms with Crippen molar-refractivity contribution in [3.63, 3.8) is 0 Å². The number of benzene rings is 2. The monoisotopic (exact) mass is 422 g/mol. The first-order chi connectivity index (χ1) is 15.1. The van der Waals surface area contributed by atoms with Crippen LogP contribution >= 0.6 is 0 Å². The number of methoxy groups -OCH3 is 2. The predicted molar refractivity (Wildman–Crippen MR) is 118 cm³/mol. The van der Waals surface area contributed by atoms with Gasteiger partial charge in [-0.05, 0) is 48.4 Å². The fourth-order valence-electron chi connectivity index (χ4n) is 4.30. The van der Waals surface area contributed by atoms with E-state index in [0.717, 1.165) is 24.0 Å². The molecule has 6 heteroatoms. The van der Waals surface area contributed by atoms with E-state index in [-0.39, 0.29) is 30.2 Å². The van der Waals surface area contributed by atoms with Gasteiger partial charge in [-0.1, -0.05) is 36.4 Å². The van der Waals surface area contributed by atoms with Crippen molar-refractivity contribution < 1.29 is 19.1 Å². The third-order valence-electron chi connectivity index (χ3n) is 6.25. The zero-order valence-corrected chi connectivity index (χ0v) is 18.2. The van der Waals surface area contributed by atoms with Gasteiger partial charge in [0.15, 0.2) is 11.5 Å². The molecule has 0 spiro atoms. The Labute approximate surface area is 183 Å². The van der Waals surface area contributed by atoms with Crippen LogP contribution in [0.15, 0.2) is 48.5 Å². The van der Waals surface area contributed by atoms with E-state index >= 15 is 0 Å². The zero-order chi connectivity index (χ0) is 21.8. The topological polar surface area (TPSA) is 67.9 Å². The standard InChI is InChI=1S/C25H30N2O4/c1-30-21-11-8-17(14-22(21)31-2)12-13-27-16-20(15-23(27)28)25(29)26-24(19-9-10-19)18-6-4-3-5-7-18/h3-8,11,14,19-20,24H,9-10,12-13,15-16H2,1-2H3,(H,26,29)/t20-,24-/m0/s1. The normalized spacial score (nSPS) is 19.2. The second kappa shape index (κ2) is 9.41. The minimum absolute atomic E-state index is 0.0114. The van der Waals surface area contributed by atoms with Gasteiger partial charge in [0, 0.05) is 19.5 Å². The van der Waals surface area contributed by atoms with E-state index in [4.69, 9.17) is 9.47 Å². The molecule has 31 heavy (non-hydrogen) atoms. The summed E-state index contributed by atoms with van der Waals surface area (Å²) in [6.45, 7) is 1.06. The van der Waals surface area contributed by atoms with Crippen molar-refractivity contribution in [2.45, 2.75) is 31.7 Å². The molecule has 164 valence electrons. The summed E-state index contributed by atoms with van der Waals surface area (Å²) in [7, 11) is 3.22. The highest BCUT2D eigenvalue weighted by Gasteiger charge is 2.38. The number of nitrogens with zero attached hydrogens (tertiary/aromatic N) is 1. The summed E-state index contributed by atoms with van der Waals surface area (Å²) in [6.07, 6.45) is 3.26. The molecule has 0 radical (unpaired) electrons. The number of likely N-dealkylation sites (tertiary alicyclic amines) is 1. The SMILES string of the molecule is COc1ccc(CCN2C[C@@H](C(=O)N[C@@H](c3ccccc3)C3CC3)CC2=O)cc1OC. The molecule has 2 fully saturated rings. The van der Waals surface area contributed by atoms with E-state index < -0.39 is 0 Å². The zero-order valence-electron chi connectivity index (χ0n) is 18.2. The summed E-state index contributed by atoms with van der Waals surface area (Å²) < 4.78 is 10.6. The number of carbonyl (C=O) groups excluding carboxylic acids is 2. The largest absolute Gasteiger partial charge is 0.493 e. The molecule has 1 heterocycles. The van der Waals surface area contributed by atoms with Crippen molar-refractivity contribution in [2.24, 2.45) is 11.8 Å². The highest BCUT2D eigenvalue weighted by Crippen LogP contribution is 2.41. The number of ether oxygens (including phenoxy) is 2. The van der Waals surface area contributed by atoms with Gasteiger partial charge in [0.05, 0.1) is 26.2 Å². The molecule has 0 unspecified atom stereocenters. The van der Waals surface area contributed by atoms with Gasteiger partial charge in [-0.15, -0.1) is 0 Å². The van der Waals surface area contributed by atoms with Crippen molar-refractivity contribution >= 4 is 11.8 Å². The predicted octanol–water partition coefficient (Wildman–Crippen LogP) is 3.36. The van der Waals surface area contributed by atoms with Crippen LogP contribution in [0.3, 0.4) is 0 Å². The lowest BCUT2D eigenvalue weighted by Gasteiger charge is -2.21. The average molecular weight is 423 g/mol. The Kier molecular flexibility index (Phi) is 6.44. The Hall–Kier alpha value is -3.02. The van der Waals surface area contributed by atoms with Gasteiger partial charge in [-0.25, -0.2) is 0 Å². The third kappa shape index (κ3) is 5.01. The molecule has 0 bridgehead atoms. The van der Waals surface area contributed by atoms with Crippen LogP contribution in [0, 0.1) is 11.8 Å². The summed E-state index contributed by atoms with van der Waals surface area (Å²) >= 11 is 0. The Morgan fingerprint density at radius 1 is 1.10 bits per heavy atom. The molecule has 2 aromatic carbocycles. The Morgan fingerprint density at radius 2 is 1.84 bits per heavy atom. The lowest BCUT2D eigenvalue weighted by molar-refractivity contribution is -0.129. The van der Waals surface area contributed by atoms with Crippen LogP contribution in [0.5, 0.6) is 11.5 Å². The van der Waals surface area contributed by atoms with Gasteiger partial charge in [-0.3, -0.25) is 9.59 Å². The van der Waals surface area contributed by atoms with Gasteiger partial charge < -0.3 is 19.7 Å². The van der Waals surface area contributed by atoms with Crippen molar-refractivity contribution in [1.29, 1.82) is 0 Å². The Balaban J connectivity index is 1.34. The van der Waals surface area contributed by atoms with Crippen LogP contribution in [0.2, 0.25) is 0 Å². The summed E-state index contributed by atoms with van der Waals surface area (Å²) in [6, 6.07) is 16.0. The molecular weight excluding hydrogens is 392 g/mol. The molecule has 1 N–H and O–H groups in total. The second-order valence-corrected chi connectivity index (χ2v) is 8.41. The summed E-state index contributed by atoms with van der Waals surface area (Å²) in [5.74, 6) is 1.61. The number of carbonyl (C=O) groups is 2. The maximum Gasteiger partial charge on any atom is 0.225 e. The van der Waals surface area contributed by atoms with Gasteiger partial charge in [-0.2, -0.15) is 0 Å². The lowest BCUT2D eigenvalue weighted by Crippen LogP contribution is -2.36. The number of rotatable bonds is 9. The van der Waals surface area contributed by atoms with E-state index in [1.54, 1.807) is 19.1 Å². The third-order valence-corrected chi connectivity index (χ3v) is 6.25. The van der Waals surface area contributed by atoms with Gasteiger partial charge in [0.2, 0.25) is 11.8 Å². The van der Waals surface area contributed by atoms with Gasteiger partial charge in [0.25, 0.3) is 0 Å². The molecule has 1 saturated carbocycles. The lowest BCUT2D eigenvalue weighted by atomic mass is 10.0. The smallest absolute Gasteiger partial charge is 0.225 e. The Morgan fingerprint density at radius 3 is 2.52 bits per heavy atom. The summed E-state index contributed by atoms with van der Waals surface area (Å²) in [4.78, 5) is 27.3. The number of nitrogens with one attached hydrogen (secondary N) is 1. The highest BCUT2D eigenvalue weighted by molar-refractivity contribution is 5.89. The fourth-order valence-corrected chi connectivity index (χ4v) is 4.30. The fraction of sp³-hybridized carbons (Fsp3) is 0.440.